The van der Waals surface area contributed by atoms with E-state index in [9.17, 15) is 9.59 Å². The first-order valence-corrected chi connectivity index (χ1v) is 8.17. The van der Waals surface area contributed by atoms with E-state index in [-0.39, 0.29) is 5.91 Å². The molecule has 0 saturated heterocycles. The molecule has 112 valence electrons. The Labute approximate surface area is 130 Å². The number of thioether (sulfide) groups is 1. The van der Waals surface area contributed by atoms with E-state index in [0.717, 1.165) is 21.7 Å². The normalized spacial score (nSPS) is 12.1. The van der Waals surface area contributed by atoms with Crippen LogP contribution in [0, 0.1) is 0 Å². The third-order valence-electron chi connectivity index (χ3n) is 2.81. The predicted octanol–water partition coefficient (Wildman–Crippen LogP) is 2.19. The summed E-state index contributed by atoms with van der Waals surface area (Å²) in [6.07, 6.45) is 2.45. The molecule has 0 bridgehead atoms. The first-order valence-electron chi connectivity index (χ1n) is 6.47. The SMILES string of the molecule is CCc1cc2c(SC(C)C(=O)NC(=O)NC)ncnc2s1. The average molecular weight is 324 g/mol. The van der Waals surface area contributed by atoms with Crippen molar-refractivity contribution in [2.75, 3.05) is 7.05 Å². The average Bonchev–Trinajstić information content (AvgIpc) is 2.91. The molecule has 0 aliphatic rings. The van der Waals surface area contributed by atoms with Gasteiger partial charge in [-0.15, -0.1) is 11.3 Å². The molecule has 0 saturated carbocycles. The number of hydrogen-bond donors (Lipinski definition) is 2. The Morgan fingerprint density at radius 1 is 1.43 bits per heavy atom. The second-order valence-corrected chi connectivity index (χ2v) is 6.74. The highest BCUT2D eigenvalue weighted by molar-refractivity contribution is 8.00. The monoisotopic (exact) mass is 324 g/mol. The van der Waals surface area contributed by atoms with E-state index >= 15 is 0 Å². The van der Waals surface area contributed by atoms with E-state index < -0.39 is 11.3 Å². The summed E-state index contributed by atoms with van der Waals surface area (Å²) in [6, 6.07) is 1.55. The van der Waals surface area contributed by atoms with Gasteiger partial charge in [0.05, 0.1) is 5.25 Å². The quantitative estimate of drug-likeness (QED) is 0.665. The number of carbonyl (C=O) groups excluding carboxylic acids is 2. The minimum atomic E-state index is -0.510. The van der Waals surface area contributed by atoms with Gasteiger partial charge in [0, 0.05) is 17.3 Å². The fourth-order valence-corrected chi connectivity index (χ4v) is 3.54. The standard InChI is InChI=1S/C13H16N4O2S2/c1-4-8-5-9-11(15-6-16-12(9)21-8)20-7(2)10(18)17-13(19)14-3/h5-7H,4H2,1-3H3,(H2,14,17,18,19). The Hall–Kier alpha value is -1.67. The zero-order valence-corrected chi connectivity index (χ0v) is 13.6. The third-order valence-corrected chi connectivity index (χ3v) is 5.12. The van der Waals surface area contributed by atoms with Crippen molar-refractivity contribution in [2.24, 2.45) is 0 Å². The number of thiophene rings is 1. The van der Waals surface area contributed by atoms with Crippen molar-refractivity contribution < 1.29 is 9.59 Å². The second kappa shape index (κ2) is 6.86. The molecule has 0 aromatic carbocycles. The fourth-order valence-electron chi connectivity index (χ4n) is 1.65. The molecule has 8 heteroatoms. The molecule has 0 radical (unpaired) electrons. The summed E-state index contributed by atoms with van der Waals surface area (Å²) in [5, 5.41) is 5.91. The van der Waals surface area contributed by atoms with Crippen molar-refractivity contribution in [1.29, 1.82) is 0 Å². The third kappa shape index (κ3) is 3.70. The molecule has 2 aromatic rings. The Balaban J connectivity index is 2.17. The summed E-state index contributed by atoms with van der Waals surface area (Å²) < 4.78 is 0. The number of aromatic nitrogens is 2. The number of nitrogens with zero attached hydrogens (tertiary/aromatic N) is 2. The number of hydrogen-bond acceptors (Lipinski definition) is 6. The van der Waals surface area contributed by atoms with Crippen molar-refractivity contribution in [3.8, 4) is 0 Å². The zero-order chi connectivity index (χ0) is 15.4. The molecule has 21 heavy (non-hydrogen) atoms. The number of nitrogens with one attached hydrogen (secondary N) is 2. The molecule has 1 atom stereocenters. The van der Waals surface area contributed by atoms with Gasteiger partial charge in [0.15, 0.2) is 0 Å². The van der Waals surface area contributed by atoms with E-state index in [1.54, 1.807) is 18.3 Å². The van der Waals surface area contributed by atoms with Gasteiger partial charge in [0.1, 0.15) is 16.2 Å². The van der Waals surface area contributed by atoms with Crippen molar-refractivity contribution in [1.82, 2.24) is 20.6 Å². The lowest BCUT2D eigenvalue weighted by Gasteiger charge is -2.10. The van der Waals surface area contributed by atoms with Crippen LogP contribution in [0.3, 0.4) is 0 Å². The molecule has 0 aliphatic heterocycles. The van der Waals surface area contributed by atoms with E-state index in [1.807, 2.05) is 0 Å². The van der Waals surface area contributed by atoms with Gasteiger partial charge in [-0.2, -0.15) is 0 Å². The Kier molecular flexibility index (Phi) is 5.13. The number of amides is 3. The van der Waals surface area contributed by atoms with Crippen LogP contribution in [0.25, 0.3) is 10.2 Å². The number of imide groups is 1. The van der Waals surface area contributed by atoms with Crippen LogP contribution in [0.1, 0.15) is 18.7 Å². The maximum absolute atomic E-state index is 11.9. The minimum absolute atomic E-state index is 0.350. The fraction of sp³-hybridized carbons (Fsp3) is 0.385. The Morgan fingerprint density at radius 3 is 2.86 bits per heavy atom. The summed E-state index contributed by atoms with van der Waals surface area (Å²) in [6.45, 7) is 3.83. The highest BCUT2D eigenvalue weighted by atomic mass is 32.2. The van der Waals surface area contributed by atoms with Gasteiger partial charge < -0.3 is 5.32 Å². The second-order valence-electron chi connectivity index (χ2n) is 4.29. The van der Waals surface area contributed by atoms with Crippen LogP contribution in [0.15, 0.2) is 17.4 Å². The number of rotatable bonds is 4. The van der Waals surface area contributed by atoms with E-state index in [0.29, 0.717) is 0 Å². The zero-order valence-electron chi connectivity index (χ0n) is 12.0. The molecule has 0 fully saturated rings. The molecular formula is C13H16N4O2S2. The summed E-state index contributed by atoms with van der Waals surface area (Å²) in [5.74, 6) is -0.350. The molecule has 6 nitrogen and oxygen atoms in total. The van der Waals surface area contributed by atoms with Crippen LogP contribution in [0.4, 0.5) is 4.79 Å². The van der Waals surface area contributed by atoms with Crippen molar-refractivity contribution in [3.05, 3.63) is 17.3 Å². The van der Waals surface area contributed by atoms with Gasteiger partial charge in [-0.05, 0) is 19.4 Å². The molecule has 2 aromatic heterocycles. The Bertz CT molecular complexity index is 671. The number of carbonyl (C=O) groups is 2. The van der Waals surface area contributed by atoms with Crippen LogP contribution in [0.5, 0.6) is 0 Å². The van der Waals surface area contributed by atoms with Crippen LogP contribution in [-0.2, 0) is 11.2 Å². The molecule has 2 rings (SSSR count). The molecular weight excluding hydrogens is 308 g/mol. The van der Waals surface area contributed by atoms with Crippen LogP contribution < -0.4 is 10.6 Å². The van der Waals surface area contributed by atoms with Crippen LogP contribution in [0.2, 0.25) is 0 Å². The smallest absolute Gasteiger partial charge is 0.321 e. The van der Waals surface area contributed by atoms with Gasteiger partial charge in [0.2, 0.25) is 5.91 Å². The maximum Gasteiger partial charge on any atom is 0.321 e. The predicted molar refractivity (Wildman–Crippen MR) is 84.7 cm³/mol. The van der Waals surface area contributed by atoms with E-state index in [2.05, 4.69) is 33.6 Å². The van der Waals surface area contributed by atoms with Crippen molar-refractivity contribution in [3.63, 3.8) is 0 Å². The molecule has 3 amide bonds. The van der Waals surface area contributed by atoms with E-state index in [1.165, 1.54) is 30.0 Å². The van der Waals surface area contributed by atoms with Crippen molar-refractivity contribution >= 4 is 45.3 Å². The van der Waals surface area contributed by atoms with Gasteiger partial charge >= 0.3 is 6.03 Å². The van der Waals surface area contributed by atoms with Crippen molar-refractivity contribution in [2.45, 2.75) is 30.5 Å². The van der Waals surface area contributed by atoms with Gasteiger partial charge in [0.25, 0.3) is 0 Å². The Morgan fingerprint density at radius 2 is 2.19 bits per heavy atom. The largest absolute Gasteiger partial charge is 0.341 e. The van der Waals surface area contributed by atoms with Gasteiger partial charge in [-0.25, -0.2) is 14.8 Å². The minimum Gasteiger partial charge on any atom is -0.341 e. The topological polar surface area (TPSA) is 84.0 Å². The molecule has 2 heterocycles. The lowest BCUT2D eigenvalue weighted by molar-refractivity contribution is -0.119. The van der Waals surface area contributed by atoms with Gasteiger partial charge in [-0.1, -0.05) is 18.7 Å². The lowest BCUT2D eigenvalue weighted by Crippen LogP contribution is -2.41. The first-order chi connectivity index (χ1) is 10.0. The summed E-state index contributed by atoms with van der Waals surface area (Å²) in [7, 11) is 1.46. The van der Waals surface area contributed by atoms with E-state index in [4.69, 9.17) is 0 Å². The summed E-state index contributed by atoms with van der Waals surface area (Å²) in [4.78, 5) is 33.7. The molecule has 1 unspecified atom stereocenters. The summed E-state index contributed by atoms with van der Waals surface area (Å²) in [5.41, 5.74) is 0. The molecule has 2 N–H and O–H groups in total. The van der Waals surface area contributed by atoms with Crippen LogP contribution >= 0.6 is 23.1 Å². The number of urea groups is 1. The summed E-state index contributed by atoms with van der Waals surface area (Å²) >= 11 is 2.95. The van der Waals surface area contributed by atoms with Crippen LogP contribution in [-0.4, -0.2) is 34.2 Å². The maximum atomic E-state index is 11.9. The highest BCUT2D eigenvalue weighted by Crippen LogP contribution is 2.32. The number of aryl methyl sites for hydroxylation is 1. The highest BCUT2D eigenvalue weighted by Gasteiger charge is 2.19. The first kappa shape index (κ1) is 15.7. The lowest BCUT2D eigenvalue weighted by atomic mass is 10.3. The number of fused-ring (bicyclic) bond motifs is 1. The molecule has 0 aliphatic carbocycles. The van der Waals surface area contributed by atoms with Gasteiger partial charge in [-0.3, -0.25) is 10.1 Å². The molecule has 0 spiro atoms.